The largest absolute Gasteiger partial charge is 0.508 e. The number of hydrogen-bond donors (Lipinski definition) is 1. The van der Waals surface area contributed by atoms with E-state index in [0.29, 0.717) is 0 Å². The molecule has 5 atom stereocenters. The van der Waals surface area contributed by atoms with Crippen molar-refractivity contribution in [2.75, 3.05) is 6.61 Å². The van der Waals surface area contributed by atoms with Gasteiger partial charge >= 0.3 is 35.8 Å². The molecule has 1 aromatic heterocycles. The van der Waals surface area contributed by atoms with Crippen molar-refractivity contribution in [3.8, 4) is 34.3 Å². The van der Waals surface area contributed by atoms with E-state index in [1.54, 1.807) is 72.8 Å². The van der Waals surface area contributed by atoms with E-state index in [9.17, 15) is 33.9 Å². The van der Waals surface area contributed by atoms with Crippen molar-refractivity contribution in [1.82, 2.24) is 0 Å². The predicted octanol–water partition coefficient (Wildman–Crippen LogP) is 7.65. The Morgan fingerprint density at radius 1 is 0.557 bits per heavy atom. The minimum Gasteiger partial charge on any atom is -0.508 e. The predicted molar refractivity (Wildman–Crippen MR) is 245 cm³/mol. The van der Waals surface area contributed by atoms with E-state index in [-0.39, 0.29) is 44.9 Å². The number of esters is 6. The summed E-state index contributed by atoms with van der Waals surface area (Å²) < 4.78 is 54.0. The molecule has 8 rings (SSSR count). The molecule has 17 heteroatoms. The van der Waals surface area contributed by atoms with Crippen molar-refractivity contribution in [2.24, 2.45) is 0 Å². The van der Waals surface area contributed by atoms with Crippen LogP contribution in [-0.2, 0) is 33.3 Å². The molecular weight excluding hydrogens is 909 g/mol. The Bertz CT molecular complexity index is 3100. The average molecular weight is 949 g/mol. The normalized spacial score (nSPS) is 17.3. The molecule has 1 N–H and O–H groups in total. The Kier molecular flexibility index (Phi) is 14.4. The minimum atomic E-state index is -2.04. The summed E-state index contributed by atoms with van der Waals surface area (Å²) in [5.74, 6) is -7.04. The third kappa shape index (κ3) is 11.0. The summed E-state index contributed by atoms with van der Waals surface area (Å²) in [6.07, 6.45) is -9.24. The first-order chi connectivity index (χ1) is 33.8. The number of rotatable bonds is 14. The molecule has 1 saturated heterocycles. The highest BCUT2D eigenvalue weighted by Gasteiger charge is 2.55. The van der Waals surface area contributed by atoms with E-state index in [2.05, 4.69) is 0 Å². The van der Waals surface area contributed by atoms with Crippen LogP contribution >= 0.6 is 0 Å². The van der Waals surface area contributed by atoms with Gasteiger partial charge < -0.3 is 47.4 Å². The number of benzene rings is 6. The molecule has 1 aliphatic heterocycles. The number of aromatic hydroxyl groups is 1. The lowest BCUT2D eigenvalue weighted by molar-refractivity contribution is -0.275. The zero-order valence-electron chi connectivity index (χ0n) is 37.1. The molecule has 2 heterocycles. The topological polar surface area (TPSA) is 227 Å². The summed E-state index contributed by atoms with van der Waals surface area (Å²) in [6.45, 7) is 1.55. The van der Waals surface area contributed by atoms with Gasteiger partial charge in [0, 0.05) is 31.5 Å². The molecule has 17 nitrogen and oxygen atoms in total. The molecule has 70 heavy (non-hydrogen) atoms. The highest BCUT2D eigenvalue weighted by molar-refractivity contribution is 5.93. The van der Waals surface area contributed by atoms with Gasteiger partial charge in [0.15, 0.2) is 18.0 Å². The smallest absolute Gasteiger partial charge is 0.338 e. The molecule has 0 spiro atoms. The summed E-state index contributed by atoms with van der Waals surface area (Å²) >= 11 is 0. The third-order valence-electron chi connectivity index (χ3n) is 10.5. The van der Waals surface area contributed by atoms with Crippen LogP contribution in [0.4, 0.5) is 0 Å². The number of fused-ring (bicyclic) bond motifs is 1. The van der Waals surface area contributed by atoms with Crippen molar-refractivity contribution >= 4 is 46.8 Å². The maximum atomic E-state index is 15.0. The standard InChI is InChI=1S/C53H40O17/c1-30(54)63-38-25-23-32(24-26-38)44-46(43(57)42-39(64-31(2)55)27-37(56)28-40(42)65-44)70-53-48(69-52(61)36-21-13-6-14-22-36)47(68-51(60)35-19-11-5-12-20-35)45(67-50(59)34-17-9-4-10-18-34)41(66-53)29-62-49(58)33-15-7-3-8-16-33/h3-28,41,45,47-48,53,56H,29H2,1-2H3/t41-,45-,47+,48-,53+/m1/s1. The lowest BCUT2D eigenvalue weighted by atomic mass is 9.97. The zero-order valence-corrected chi connectivity index (χ0v) is 37.1. The van der Waals surface area contributed by atoms with Crippen LogP contribution in [0, 0.1) is 0 Å². The van der Waals surface area contributed by atoms with E-state index in [1.807, 2.05) is 0 Å². The fraction of sp³-hybridized carbons (Fsp3) is 0.151. The molecule has 0 bridgehead atoms. The number of carbonyl (C=O) groups is 6. The van der Waals surface area contributed by atoms with E-state index in [1.165, 1.54) is 79.7 Å². The van der Waals surface area contributed by atoms with E-state index >= 15 is 4.79 Å². The lowest BCUT2D eigenvalue weighted by Crippen LogP contribution is -2.64. The van der Waals surface area contributed by atoms with Crippen LogP contribution < -0.4 is 19.6 Å². The van der Waals surface area contributed by atoms with Gasteiger partial charge in [-0.15, -0.1) is 0 Å². The van der Waals surface area contributed by atoms with Crippen LogP contribution in [0.2, 0.25) is 0 Å². The Morgan fingerprint density at radius 3 is 1.53 bits per heavy atom. The summed E-state index contributed by atoms with van der Waals surface area (Å²) in [5.41, 5.74) is -0.955. The number of phenolic OH excluding ortho intramolecular Hbond substituents is 1. The van der Waals surface area contributed by atoms with Crippen molar-refractivity contribution in [1.29, 1.82) is 0 Å². The number of phenols is 1. The highest BCUT2D eigenvalue weighted by Crippen LogP contribution is 2.39. The first kappa shape index (κ1) is 47.4. The van der Waals surface area contributed by atoms with E-state index in [0.717, 1.165) is 19.1 Å². The first-order valence-electron chi connectivity index (χ1n) is 21.5. The molecule has 6 aromatic carbocycles. The lowest BCUT2D eigenvalue weighted by Gasteiger charge is -2.44. The second-order valence-corrected chi connectivity index (χ2v) is 15.5. The van der Waals surface area contributed by atoms with E-state index < -0.39 is 101 Å². The molecule has 354 valence electrons. The maximum absolute atomic E-state index is 15.0. The van der Waals surface area contributed by atoms with Gasteiger partial charge in [0.05, 0.1) is 22.3 Å². The van der Waals surface area contributed by atoms with E-state index in [4.69, 9.17) is 42.3 Å². The fourth-order valence-corrected chi connectivity index (χ4v) is 7.36. The van der Waals surface area contributed by atoms with Crippen LogP contribution in [0.25, 0.3) is 22.3 Å². The number of hydrogen-bond acceptors (Lipinski definition) is 17. The maximum Gasteiger partial charge on any atom is 0.338 e. The average Bonchev–Trinajstić information content (AvgIpc) is 3.36. The van der Waals surface area contributed by atoms with Crippen LogP contribution in [0.1, 0.15) is 55.3 Å². The third-order valence-corrected chi connectivity index (χ3v) is 10.5. The fourth-order valence-electron chi connectivity index (χ4n) is 7.36. The quantitative estimate of drug-likeness (QED) is 0.0627. The molecule has 1 fully saturated rings. The summed E-state index contributed by atoms with van der Waals surface area (Å²) in [6, 6.07) is 38.7. The van der Waals surface area contributed by atoms with Crippen LogP contribution in [0.5, 0.6) is 23.0 Å². The SMILES string of the molecule is CC(=O)Oc1ccc(-c2oc3cc(O)cc(OC(C)=O)c3c(=O)c2O[C@@H]2O[C@H](COC(=O)c3ccccc3)[C@@H](OC(=O)c3ccccc3)[C@H](OC(=O)c3ccccc3)[C@H]2OC(=O)c2ccccc2)cc1. The van der Waals surface area contributed by atoms with Gasteiger partial charge in [-0.2, -0.15) is 0 Å². The van der Waals surface area contributed by atoms with Gasteiger partial charge in [0.1, 0.15) is 40.9 Å². The molecular formula is C53H40O17. The van der Waals surface area contributed by atoms with Crippen LogP contribution in [-0.4, -0.2) is 78.2 Å². The highest BCUT2D eigenvalue weighted by atomic mass is 16.7. The van der Waals surface area contributed by atoms with Gasteiger partial charge in [0.25, 0.3) is 0 Å². The Labute approximate surface area is 397 Å². The van der Waals surface area contributed by atoms with Crippen LogP contribution in [0.15, 0.2) is 167 Å². The Balaban J connectivity index is 1.32. The Morgan fingerprint density at radius 2 is 1.03 bits per heavy atom. The van der Waals surface area contributed by atoms with Crippen LogP contribution in [0.3, 0.4) is 0 Å². The second kappa shape index (κ2) is 21.3. The Hall–Kier alpha value is -9.09. The molecule has 0 aliphatic carbocycles. The minimum absolute atomic E-state index is 0.00994. The van der Waals surface area contributed by atoms with Crippen molar-refractivity contribution < 1.29 is 76.2 Å². The van der Waals surface area contributed by atoms with Gasteiger partial charge in [-0.1, -0.05) is 72.8 Å². The van der Waals surface area contributed by atoms with Gasteiger partial charge in [-0.3, -0.25) is 14.4 Å². The molecule has 0 radical (unpaired) electrons. The van der Waals surface area contributed by atoms with Gasteiger partial charge in [0.2, 0.25) is 23.6 Å². The van der Waals surface area contributed by atoms with Gasteiger partial charge in [-0.05, 0) is 72.8 Å². The molecule has 0 amide bonds. The molecule has 7 aromatic rings. The second-order valence-electron chi connectivity index (χ2n) is 15.5. The molecule has 1 aliphatic rings. The summed E-state index contributed by atoms with van der Waals surface area (Å²) in [4.78, 5) is 95.0. The monoisotopic (exact) mass is 948 g/mol. The summed E-state index contributed by atoms with van der Waals surface area (Å²) in [7, 11) is 0. The van der Waals surface area contributed by atoms with Crippen molar-refractivity contribution in [2.45, 2.75) is 44.6 Å². The number of carbonyl (C=O) groups excluding carboxylic acids is 6. The number of ether oxygens (including phenoxy) is 8. The van der Waals surface area contributed by atoms with Crippen molar-refractivity contribution in [3.05, 3.63) is 190 Å². The van der Waals surface area contributed by atoms with Gasteiger partial charge in [-0.25, -0.2) is 19.2 Å². The van der Waals surface area contributed by atoms with Crippen molar-refractivity contribution in [3.63, 3.8) is 0 Å². The molecule has 0 saturated carbocycles. The zero-order chi connectivity index (χ0) is 49.3. The molecule has 0 unspecified atom stereocenters. The summed E-state index contributed by atoms with van der Waals surface area (Å²) in [5, 5.41) is 10.3. The first-order valence-corrected chi connectivity index (χ1v) is 21.5.